The first-order valence-corrected chi connectivity index (χ1v) is 9.60. The second-order valence-electron chi connectivity index (χ2n) is 8.08. The number of carbonyl (C=O) groups is 2. The van der Waals surface area contributed by atoms with Crippen LogP contribution in [0.1, 0.15) is 49.1 Å². The molecule has 25 heavy (non-hydrogen) atoms. The molecule has 3 aliphatic rings. The fraction of sp³-hybridized carbons (Fsp3) is 0.737. The number of H-pyrrole nitrogens is 1. The van der Waals surface area contributed by atoms with Gasteiger partial charge in [0.1, 0.15) is 0 Å². The van der Waals surface area contributed by atoms with E-state index in [1.807, 2.05) is 13.8 Å². The molecule has 3 aliphatic heterocycles. The van der Waals surface area contributed by atoms with Crippen molar-refractivity contribution in [2.75, 3.05) is 19.6 Å². The molecule has 3 fully saturated rings. The molecule has 1 aromatic rings. The molecule has 4 rings (SSSR count). The van der Waals surface area contributed by atoms with Crippen LogP contribution in [0, 0.1) is 25.7 Å². The number of nitrogens with zero attached hydrogens (tertiary/aromatic N) is 3. The molecule has 0 spiro atoms. The molecule has 136 valence electrons. The van der Waals surface area contributed by atoms with Crippen LogP contribution in [0.5, 0.6) is 0 Å². The van der Waals surface area contributed by atoms with Gasteiger partial charge in [-0.25, -0.2) is 0 Å². The number of hydrogen-bond donors (Lipinski definition) is 1. The number of fused-ring (bicyclic) bond motifs is 4. The number of hydrogen-bond acceptors (Lipinski definition) is 3. The summed E-state index contributed by atoms with van der Waals surface area (Å²) in [5.41, 5.74) is 3.24. The zero-order valence-electron chi connectivity index (χ0n) is 15.3. The number of aryl methyl sites for hydroxylation is 2. The topological polar surface area (TPSA) is 69.3 Å². The van der Waals surface area contributed by atoms with Gasteiger partial charge in [0.05, 0.1) is 5.69 Å². The zero-order valence-corrected chi connectivity index (χ0v) is 15.3. The summed E-state index contributed by atoms with van der Waals surface area (Å²) in [6, 6.07) is 0.367. The standard InChI is InChI=1S/C19H28N4O2/c1-12-16(13(2)21-20-12)6-7-18(24)22-9-14-8-15(11-22)17-4-3-5-19(25)23(17)10-14/h14-15,17H,3-11H2,1-2H3,(H,20,21)/t14-,15-,17+/m1/s1. The first-order chi connectivity index (χ1) is 12.0. The van der Waals surface area contributed by atoms with Crippen LogP contribution < -0.4 is 0 Å². The molecule has 2 bridgehead atoms. The number of likely N-dealkylation sites (tertiary alicyclic amines) is 1. The Kier molecular flexibility index (Phi) is 4.29. The van der Waals surface area contributed by atoms with Gasteiger partial charge in [0, 0.05) is 44.2 Å². The molecule has 3 atom stereocenters. The smallest absolute Gasteiger partial charge is 0.222 e. The number of nitrogens with one attached hydrogen (secondary N) is 1. The Hall–Kier alpha value is -1.85. The van der Waals surface area contributed by atoms with Crippen LogP contribution >= 0.6 is 0 Å². The van der Waals surface area contributed by atoms with Gasteiger partial charge in [-0.15, -0.1) is 0 Å². The highest BCUT2D eigenvalue weighted by atomic mass is 16.2. The van der Waals surface area contributed by atoms with Crippen molar-refractivity contribution >= 4 is 11.8 Å². The van der Waals surface area contributed by atoms with Gasteiger partial charge in [-0.3, -0.25) is 14.7 Å². The van der Waals surface area contributed by atoms with Crippen LogP contribution in [0.25, 0.3) is 0 Å². The van der Waals surface area contributed by atoms with Crippen LogP contribution in [-0.4, -0.2) is 57.5 Å². The highest BCUT2D eigenvalue weighted by molar-refractivity contribution is 5.78. The lowest BCUT2D eigenvalue weighted by molar-refractivity contribution is -0.148. The number of amides is 2. The minimum atomic E-state index is 0.255. The van der Waals surface area contributed by atoms with Gasteiger partial charge < -0.3 is 9.80 Å². The van der Waals surface area contributed by atoms with E-state index in [-0.39, 0.29) is 5.91 Å². The molecule has 0 aliphatic carbocycles. The molecule has 2 amide bonds. The molecule has 1 aromatic heterocycles. The predicted octanol–water partition coefficient (Wildman–Crippen LogP) is 1.82. The van der Waals surface area contributed by atoms with Crippen molar-refractivity contribution in [1.29, 1.82) is 0 Å². The minimum absolute atomic E-state index is 0.255. The van der Waals surface area contributed by atoms with Crippen LogP contribution in [-0.2, 0) is 16.0 Å². The fourth-order valence-electron chi connectivity index (χ4n) is 5.15. The van der Waals surface area contributed by atoms with Crippen LogP contribution in [0.2, 0.25) is 0 Å². The largest absolute Gasteiger partial charge is 0.342 e. The summed E-state index contributed by atoms with van der Waals surface area (Å²) < 4.78 is 0. The molecule has 0 radical (unpaired) electrons. The van der Waals surface area contributed by atoms with Crippen molar-refractivity contribution in [3.05, 3.63) is 17.0 Å². The third-order valence-corrected chi connectivity index (χ3v) is 6.40. The summed E-state index contributed by atoms with van der Waals surface area (Å²) in [5.74, 6) is 1.51. The SMILES string of the molecule is Cc1n[nH]c(C)c1CCC(=O)N1C[C@H]2C[C@H](C1)[C@@H]1CCCC(=O)N1C2. The van der Waals surface area contributed by atoms with Gasteiger partial charge in [-0.2, -0.15) is 5.10 Å². The number of piperidine rings is 3. The maximum Gasteiger partial charge on any atom is 0.222 e. The van der Waals surface area contributed by atoms with Gasteiger partial charge in [-0.1, -0.05) is 0 Å². The molecule has 6 heteroatoms. The van der Waals surface area contributed by atoms with E-state index >= 15 is 0 Å². The van der Waals surface area contributed by atoms with Gasteiger partial charge in [0.2, 0.25) is 11.8 Å². The Labute approximate surface area is 148 Å². The van der Waals surface area contributed by atoms with Crippen LogP contribution in [0.4, 0.5) is 0 Å². The summed E-state index contributed by atoms with van der Waals surface area (Å²) in [6.45, 7) is 6.50. The average Bonchev–Trinajstić information content (AvgIpc) is 2.92. The monoisotopic (exact) mass is 344 g/mol. The van der Waals surface area contributed by atoms with E-state index in [9.17, 15) is 9.59 Å². The Bertz CT molecular complexity index is 663. The number of aromatic amines is 1. The third-order valence-electron chi connectivity index (χ3n) is 6.40. The van der Waals surface area contributed by atoms with Crippen molar-refractivity contribution in [2.24, 2.45) is 11.8 Å². The molecule has 3 saturated heterocycles. The van der Waals surface area contributed by atoms with E-state index in [4.69, 9.17) is 0 Å². The van der Waals surface area contributed by atoms with E-state index < -0.39 is 0 Å². The lowest BCUT2D eigenvalue weighted by Gasteiger charge is -2.52. The van der Waals surface area contributed by atoms with Crippen molar-refractivity contribution < 1.29 is 9.59 Å². The highest BCUT2D eigenvalue weighted by Crippen LogP contribution is 2.38. The average molecular weight is 344 g/mol. The molecular formula is C19H28N4O2. The quantitative estimate of drug-likeness (QED) is 0.909. The maximum atomic E-state index is 12.8. The van der Waals surface area contributed by atoms with Crippen molar-refractivity contribution in [3.63, 3.8) is 0 Å². The van der Waals surface area contributed by atoms with E-state index in [1.165, 1.54) is 12.0 Å². The molecule has 4 heterocycles. The third kappa shape index (κ3) is 3.07. The summed E-state index contributed by atoms with van der Waals surface area (Å²) >= 11 is 0. The predicted molar refractivity (Wildman–Crippen MR) is 93.9 cm³/mol. The Morgan fingerprint density at radius 3 is 2.88 bits per heavy atom. The zero-order chi connectivity index (χ0) is 17.6. The number of carbonyl (C=O) groups excluding carboxylic acids is 2. The molecule has 0 aromatic carbocycles. The maximum absolute atomic E-state index is 12.8. The fourth-order valence-corrected chi connectivity index (χ4v) is 5.15. The lowest BCUT2D eigenvalue weighted by Crippen LogP contribution is -2.61. The van der Waals surface area contributed by atoms with Gasteiger partial charge in [0.15, 0.2) is 0 Å². The molecule has 1 N–H and O–H groups in total. The van der Waals surface area contributed by atoms with Gasteiger partial charge in [0.25, 0.3) is 0 Å². The summed E-state index contributed by atoms with van der Waals surface area (Å²) in [4.78, 5) is 29.2. The summed E-state index contributed by atoms with van der Waals surface area (Å²) in [5, 5.41) is 7.21. The Balaban J connectivity index is 1.39. The van der Waals surface area contributed by atoms with Crippen LogP contribution in [0.3, 0.4) is 0 Å². The van der Waals surface area contributed by atoms with Gasteiger partial charge >= 0.3 is 0 Å². The lowest BCUT2D eigenvalue weighted by atomic mass is 9.76. The summed E-state index contributed by atoms with van der Waals surface area (Å²) in [6.07, 6.45) is 5.31. The molecule has 0 unspecified atom stereocenters. The normalized spacial score (nSPS) is 28.9. The summed E-state index contributed by atoms with van der Waals surface area (Å²) in [7, 11) is 0. The van der Waals surface area contributed by atoms with Crippen LogP contribution in [0.15, 0.2) is 0 Å². The van der Waals surface area contributed by atoms with Crippen molar-refractivity contribution in [2.45, 2.75) is 58.4 Å². The number of rotatable bonds is 3. The Morgan fingerprint density at radius 1 is 1.28 bits per heavy atom. The van der Waals surface area contributed by atoms with Crippen molar-refractivity contribution in [3.8, 4) is 0 Å². The van der Waals surface area contributed by atoms with Crippen molar-refractivity contribution in [1.82, 2.24) is 20.0 Å². The first kappa shape index (κ1) is 16.6. The minimum Gasteiger partial charge on any atom is -0.342 e. The second-order valence-corrected chi connectivity index (χ2v) is 8.08. The van der Waals surface area contributed by atoms with Gasteiger partial charge in [-0.05, 0) is 56.9 Å². The molecule has 6 nitrogen and oxygen atoms in total. The first-order valence-electron chi connectivity index (χ1n) is 9.60. The molecule has 0 saturated carbocycles. The van der Waals surface area contributed by atoms with E-state index in [0.717, 1.165) is 50.3 Å². The second kappa shape index (κ2) is 6.46. The van der Waals surface area contributed by atoms with E-state index in [2.05, 4.69) is 20.0 Å². The Morgan fingerprint density at radius 2 is 2.12 bits per heavy atom. The molecular weight excluding hydrogens is 316 g/mol. The number of aromatic nitrogens is 2. The highest BCUT2D eigenvalue weighted by Gasteiger charge is 2.44. The van der Waals surface area contributed by atoms with E-state index in [1.54, 1.807) is 0 Å². The van der Waals surface area contributed by atoms with E-state index in [0.29, 0.717) is 36.6 Å².